The maximum Gasteiger partial charge on any atom is 0.307 e. The Bertz CT molecular complexity index is 1100. The van der Waals surface area contributed by atoms with Gasteiger partial charge in [0.1, 0.15) is 5.75 Å². The molecule has 4 atom stereocenters. The second-order valence-electron chi connectivity index (χ2n) is 11.8. The lowest BCUT2D eigenvalue weighted by molar-refractivity contribution is -0.141. The topological polar surface area (TPSA) is 83.6 Å². The lowest BCUT2D eigenvalue weighted by Crippen LogP contribution is -2.18. The van der Waals surface area contributed by atoms with Gasteiger partial charge in [-0.05, 0) is 111 Å². The van der Waals surface area contributed by atoms with E-state index in [-0.39, 0.29) is 5.92 Å². The third kappa shape index (κ3) is 9.10. The molecule has 2 bridgehead atoms. The number of allylic oxidation sites excluding steroid dienone is 3. The molecule has 2 aliphatic rings. The highest BCUT2D eigenvalue weighted by atomic mass is 16.4. The summed E-state index contributed by atoms with van der Waals surface area (Å²) in [6.45, 7) is 0.769. The molecule has 4 rings (SSSR count). The standard InChI is InChI=1S/C35H47NO3/c36-21-20-27-15-14-26(22-27)8-3-1-2-4-11-30-12-5-6-13-32(35(38)39)24-28-9-7-10-29(23-28)25-34(30)31-16-18-33(37)19-17-31/h5-7,9-10,16-19,22-23,26,30,32,34,37H,1-4,8,11-15,20-21,24-25,36H2,(H,38,39). The zero-order chi connectivity index (χ0) is 27.5. The van der Waals surface area contributed by atoms with Crippen LogP contribution in [0.25, 0.3) is 0 Å². The van der Waals surface area contributed by atoms with Crippen molar-refractivity contribution in [2.45, 2.75) is 89.4 Å². The van der Waals surface area contributed by atoms with Gasteiger partial charge >= 0.3 is 5.97 Å². The van der Waals surface area contributed by atoms with Gasteiger partial charge in [0, 0.05) is 0 Å². The molecule has 0 fully saturated rings. The van der Waals surface area contributed by atoms with Crippen molar-refractivity contribution >= 4 is 5.97 Å². The summed E-state index contributed by atoms with van der Waals surface area (Å²) < 4.78 is 0. The predicted molar refractivity (Wildman–Crippen MR) is 160 cm³/mol. The summed E-state index contributed by atoms with van der Waals surface area (Å²) >= 11 is 0. The summed E-state index contributed by atoms with van der Waals surface area (Å²) in [5.41, 5.74) is 10.9. The van der Waals surface area contributed by atoms with Crippen LogP contribution in [-0.2, 0) is 17.6 Å². The van der Waals surface area contributed by atoms with E-state index in [1.807, 2.05) is 12.1 Å². The Labute approximate surface area is 235 Å². The van der Waals surface area contributed by atoms with E-state index in [1.54, 1.807) is 5.57 Å². The zero-order valence-electron chi connectivity index (χ0n) is 23.4. The van der Waals surface area contributed by atoms with E-state index in [1.165, 1.54) is 56.1 Å². The number of phenolic OH excluding ortho intramolecular Hbond substituents is 1. The Balaban J connectivity index is 1.42. The molecule has 0 saturated carbocycles. The summed E-state index contributed by atoms with van der Waals surface area (Å²) in [5, 5.41) is 19.7. The maximum atomic E-state index is 11.9. The normalized spacial score (nSPS) is 23.6. The summed E-state index contributed by atoms with van der Waals surface area (Å²) in [6.07, 6.45) is 21.0. The molecule has 0 heterocycles. The minimum atomic E-state index is -0.718. The van der Waals surface area contributed by atoms with Crippen LogP contribution in [0, 0.1) is 17.8 Å². The molecule has 2 aromatic carbocycles. The first-order chi connectivity index (χ1) is 19.0. The number of benzene rings is 2. The molecule has 4 nitrogen and oxygen atoms in total. The molecule has 0 spiro atoms. The van der Waals surface area contributed by atoms with Crippen LogP contribution in [0.15, 0.2) is 72.3 Å². The van der Waals surface area contributed by atoms with Gasteiger partial charge in [-0.3, -0.25) is 4.79 Å². The number of carboxylic acids is 1. The molecule has 4 heteroatoms. The molecule has 0 aliphatic heterocycles. The van der Waals surface area contributed by atoms with E-state index in [0.717, 1.165) is 43.7 Å². The van der Waals surface area contributed by atoms with Crippen LogP contribution < -0.4 is 5.73 Å². The largest absolute Gasteiger partial charge is 0.508 e. The number of aliphatic carboxylic acids is 1. The first-order valence-corrected chi connectivity index (χ1v) is 15.2. The third-order valence-electron chi connectivity index (χ3n) is 8.87. The molecule has 4 N–H and O–H groups in total. The van der Waals surface area contributed by atoms with Crippen molar-refractivity contribution in [2.24, 2.45) is 23.5 Å². The molecule has 0 amide bonds. The van der Waals surface area contributed by atoms with E-state index in [9.17, 15) is 15.0 Å². The number of phenols is 1. The number of fused-ring (bicyclic) bond motifs is 2. The van der Waals surface area contributed by atoms with Gasteiger partial charge in [0.25, 0.3) is 0 Å². The molecule has 4 unspecified atom stereocenters. The number of unbranched alkanes of at least 4 members (excludes halogenated alkanes) is 3. The van der Waals surface area contributed by atoms with Crippen LogP contribution in [0.4, 0.5) is 0 Å². The average Bonchev–Trinajstić information content (AvgIpc) is 3.37. The van der Waals surface area contributed by atoms with Gasteiger partial charge in [-0.2, -0.15) is 0 Å². The van der Waals surface area contributed by atoms with Crippen LogP contribution in [0.2, 0.25) is 0 Å². The second kappa shape index (κ2) is 15.1. The van der Waals surface area contributed by atoms with Crippen LogP contribution in [-0.4, -0.2) is 22.7 Å². The molecule has 39 heavy (non-hydrogen) atoms. The molecule has 210 valence electrons. The van der Waals surface area contributed by atoms with Gasteiger partial charge < -0.3 is 15.9 Å². The smallest absolute Gasteiger partial charge is 0.307 e. The Kier molecular flexibility index (Phi) is 11.3. The van der Waals surface area contributed by atoms with Gasteiger partial charge in [-0.15, -0.1) is 0 Å². The SMILES string of the molecule is NCCC1=CC(CCCCCCC2CC=CCC(C(=O)O)Cc3cccc(c3)CC2c2ccc(O)cc2)CC1. The van der Waals surface area contributed by atoms with Gasteiger partial charge in [0.15, 0.2) is 0 Å². The van der Waals surface area contributed by atoms with E-state index in [2.05, 4.69) is 54.6 Å². The highest BCUT2D eigenvalue weighted by Gasteiger charge is 2.24. The molecule has 0 radical (unpaired) electrons. The summed E-state index contributed by atoms with van der Waals surface area (Å²) in [7, 11) is 0. The number of rotatable bonds is 11. The summed E-state index contributed by atoms with van der Waals surface area (Å²) in [5.74, 6) is 0.774. The Morgan fingerprint density at radius 2 is 1.62 bits per heavy atom. The minimum Gasteiger partial charge on any atom is -0.508 e. The molecule has 2 aliphatic carbocycles. The van der Waals surface area contributed by atoms with Crippen LogP contribution in [0.3, 0.4) is 0 Å². The monoisotopic (exact) mass is 529 g/mol. The number of hydrogen-bond acceptors (Lipinski definition) is 3. The van der Waals surface area contributed by atoms with Gasteiger partial charge in [-0.25, -0.2) is 0 Å². The van der Waals surface area contributed by atoms with Crippen molar-refractivity contribution in [1.29, 1.82) is 0 Å². The fourth-order valence-corrected chi connectivity index (χ4v) is 6.65. The lowest BCUT2D eigenvalue weighted by Gasteiger charge is -2.28. The third-order valence-corrected chi connectivity index (χ3v) is 8.87. The zero-order valence-corrected chi connectivity index (χ0v) is 23.4. The van der Waals surface area contributed by atoms with Crippen LogP contribution in [0.1, 0.15) is 93.2 Å². The fraction of sp³-hybridized carbons (Fsp3) is 0.514. The first kappa shape index (κ1) is 29.1. The van der Waals surface area contributed by atoms with Crippen molar-refractivity contribution in [3.63, 3.8) is 0 Å². The first-order valence-electron chi connectivity index (χ1n) is 15.2. The highest BCUT2D eigenvalue weighted by molar-refractivity contribution is 5.70. The predicted octanol–water partition coefficient (Wildman–Crippen LogP) is 7.95. The van der Waals surface area contributed by atoms with Crippen LogP contribution >= 0.6 is 0 Å². The van der Waals surface area contributed by atoms with Gasteiger partial charge in [0.2, 0.25) is 0 Å². The number of nitrogens with two attached hydrogens (primary N) is 1. The molecular formula is C35H47NO3. The maximum absolute atomic E-state index is 11.9. The quantitative estimate of drug-likeness (QED) is 0.204. The van der Waals surface area contributed by atoms with E-state index in [4.69, 9.17) is 5.73 Å². The van der Waals surface area contributed by atoms with Crippen molar-refractivity contribution in [2.75, 3.05) is 6.54 Å². The molecule has 0 saturated heterocycles. The summed E-state index contributed by atoms with van der Waals surface area (Å²) in [4.78, 5) is 11.9. The van der Waals surface area contributed by atoms with Crippen molar-refractivity contribution < 1.29 is 15.0 Å². The van der Waals surface area contributed by atoms with E-state index >= 15 is 0 Å². The lowest BCUT2D eigenvalue weighted by atomic mass is 9.76. The Hall–Kier alpha value is -2.85. The summed E-state index contributed by atoms with van der Waals surface area (Å²) in [6, 6.07) is 16.3. The number of carbonyl (C=O) groups is 1. The molecule has 0 aromatic heterocycles. The second-order valence-corrected chi connectivity index (χ2v) is 11.8. The molecular weight excluding hydrogens is 482 g/mol. The van der Waals surface area contributed by atoms with Gasteiger partial charge in [0.05, 0.1) is 5.92 Å². The van der Waals surface area contributed by atoms with E-state index < -0.39 is 5.97 Å². The number of hydrogen-bond donors (Lipinski definition) is 3. The fourth-order valence-electron chi connectivity index (χ4n) is 6.65. The van der Waals surface area contributed by atoms with E-state index in [0.29, 0.717) is 30.4 Å². The van der Waals surface area contributed by atoms with Crippen molar-refractivity contribution in [3.8, 4) is 5.75 Å². The molecule has 2 aromatic rings. The number of aromatic hydroxyl groups is 1. The van der Waals surface area contributed by atoms with Crippen LogP contribution in [0.5, 0.6) is 5.75 Å². The highest BCUT2D eigenvalue weighted by Crippen LogP contribution is 2.37. The Morgan fingerprint density at radius 1 is 0.897 bits per heavy atom. The van der Waals surface area contributed by atoms with Gasteiger partial charge in [-0.1, -0.05) is 85.9 Å². The average molecular weight is 530 g/mol. The number of carboxylic acid groups (broad SMARTS) is 1. The van der Waals surface area contributed by atoms with Crippen molar-refractivity contribution in [1.82, 2.24) is 0 Å². The Morgan fingerprint density at radius 3 is 2.36 bits per heavy atom. The van der Waals surface area contributed by atoms with Crippen molar-refractivity contribution in [3.05, 3.63) is 89.0 Å². The minimum absolute atomic E-state index is 0.303.